The van der Waals surface area contributed by atoms with Crippen molar-refractivity contribution in [1.82, 2.24) is 4.90 Å². The van der Waals surface area contributed by atoms with Crippen LogP contribution in [0.4, 0.5) is 0 Å². The van der Waals surface area contributed by atoms with Crippen LogP contribution in [0.3, 0.4) is 0 Å². The minimum Gasteiger partial charge on any atom is -0.345 e. The Morgan fingerprint density at radius 3 is 2.38 bits per heavy atom. The van der Waals surface area contributed by atoms with Crippen LogP contribution in [0.25, 0.3) is 0 Å². The number of hydrogen-bond donors (Lipinski definition) is 1. The molecule has 0 aromatic carbocycles. The summed E-state index contributed by atoms with van der Waals surface area (Å²) in [7, 11) is 1.87. The van der Waals surface area contributed by atoms with E-state index in [9.17, 15) is 4.79 Å². The van der Waals surface area contributed by atoms with Gasteiger partial charge in [0.15, 0.2) is 0 Å². The Morgan fingerprint density at radius 2 is 1.88 bits per heavy atom. The van der Waals surface area contributed by atoms with E-state index in [1.807, 2.05) is 11.9 Å². The van der Waals surface area contributed by atoms with Gasteiger partial charge in [0, 0.05) is 20.0 Å². The Balaban J connectivity index is 3.82. The van der Waals surface area contributed by atoms with Gasteiger partial charge in [-0.2, -0.15) is 0 Å². The molecule has 0 bridgehead atoms. The van der Waals surface area contributed by atoms with Crippen LogP contribution in [-0.2, 0) is 4.79 Å². The molecule has 96 valence electrons. The fourth-order valence-corrected chi connectivity index (χ4v) is 1.69. The molecule has 16 heavy (non-hydrogen) atoms. The molecule has 3 nitrogen and oxygen atoms in total. The van der Waals surface area contributed by atoms with Gasteiger partial charge in [-0.25, -0.2) is 0 Å². The van der Waals surface area contributed by atoms with Crippen LogP contribution in [0.15, 0.2) is 0 Å². The molecule has 0 unspecified atom stereocenters. The lowest BCUT2D eigenvalue weighted by Gasteiger charge is -2.29. The second kappa shape index (κ2) is 7.66. The third-order valence-electron chi connectivity index (χ3n) is 2.89. The number of carbonyl (C=O) groups excluding carboxylic acids is 1. The van der Waals surface area contributed by atoms with E-state index in [0.717, 1.165) is 19.4 Å². The molecule has 0 heterocycles. The molecule has 0 rings (SSSR count). The Morgan fingerprint density at radius 1 is 1.25 bits per heavy atom. The molecule has 0 aromatic rings. The van der Waals surface area contributed by atoms with Gasteiger partial charge in [0.25, 0.3) is 0 Å². The number of carbonyl (C=O) groups is 1. The predicted octanol–water partition coefficient (Wildman–Crippen LogP) is 2.40. The first-order valence-electron chi connectivity index (χ1n) is 6.37. The largest absolute Gasteiger partial charge is 0.345 e. The van der Waals surface area contributed by atoms with Crippen molar-refractivity contribution >= 4 is 5.91 Å². The van der Waals surface area contributed by atoms with E-state index in [1.165, 1.54) is 12.8 Å². The summed E-state index contributed by atoms with van der Waals surface area (Å²) in [6, 6.07) is 0. The van der Waals surface area contributed by atoms with Crippen molar-refractivity contribution in [3.8, 4) is 0 Å². The number of nitrogens with zero attached hydrogens (tertiary/aromatic N) is 1. The van der Waals surface area contributed by atoms with E-state index in [0.29, 0.717) is 13.0 Å². The highest BCUT2D eigenvalue weighted by atomic mass is 16.2. The van der Waals surface area contributed by atoms with Crippen LogP contribution >= 0.6 is 0 Å². The van der Waals surface area contributed by atoms with E-state index in [1.54, 1.807) is 0 Å². The maximum atomic E-state index is 11.8. The van der Waals surface area contributed by atoms with Crippen LogP contribution < -0.4 is 5.73 Å². The summed E-state index contributed by atoms with van der Waals surface area (Å²) in [6.45, 7) is 7.72. The van der Waals surface area contributed by atoms with Gasteiger partial charge < -0.3 is 10.6 Å². The van der Waals surface area contributed by atoms with E-state index < -0.39 is 0 Å². The highest BCUT2D eigenvalue weighted by Gasteiger charge is 2.20. The van der Waals surface area contributed by atoms with Gasteiger partial charge in [-0.1, -0.05) is 40.0 Å². The maximum absolute atomic E-state index is 11.8. The maximum Gasteiger partial charge on any atom is 0.222 e. The first-order chi connectivity index (χ1) is 7.43. The number of rotatable bonds is 8. The molecule has 0 aromatic heterocycles. The molecule has 0 saturated heterocycles. The van der Waals surface area contributed by atoms with E-state index >= 15 is 0 Å². The lowest BCUT2D eigenvalue weighted by molar-refractivity contribution is -0.131. The van der Waals surface area contributed by atoms with Crippen molar-refractivity contribution in [1.29, 1.82) is 0 Å². The monoisotopic (exact) mass is 228 g/mol. The predicted molar refractivity (Wildman–Crippen MR) is 69.2 cm³/mol. The third-order valence-corrected chi connectivity index (χ3v) is 2.89. The molecule has 2 N–H and O–H groups in total. The summed E-state index contributed by atoms with van der Waals surface area (Å²) in [6.07, 6.45) is 5.29. The van der Waals surface area contributed by atoms with Crippen molar-refractivity contribution in [2.75, 3.05) is 20.1 Å². The molecule has 0 spiro atoms. The average molecular weight is 228 g/mol. The summed E-state index contributed by atoms with van der Waals surface area (Å²) >= 11 is 0. The zero-order valence-electron chi connectivity index (χ0n) is 11.4. The Kier molecular flexibility index (Phi) is 7.39. The number of amides is 1. The molecule has 0 radical (unpaired) electrons. The zero-order valence-corrected chi connectivity index (χ0v) is 11.4. The quantitative estimate of drug-likeness (QED) is 0.648. The van der Waals surface area contributed by atoms with Crippen LogP contribution in [-0.4, -0.2) is 30.9 Å². The summed E-state index contributed by atoms with van der Waals surface area (Å²) in [4.78, 5) is 13.6. The Labute approximate surface area is 100 Å². The summed E-state index contributed by atoms with van der Waals surface area (Å²) < 4.78 is 0. The van der Waals surface area contributed by atoms with Gasteiger partial charge in [0.1, 0.15) is 0 Å². The Hall–Kier alpha value is -0.570. The van der Waals surface area contributed by atoms with Crippen molar-refractivity contribution in [3.05, 3.63) is 0 Å². The van der Waals surface area contributed by atoms with Crippen molar-refractivity contribution in [2.45, 2.75) is 52.9 Å². The normalized spacial score (nSPS) is 11.6. The highest BCUT2D eigenvalue weighted by molar-refractivity contribution is 5.75. The molecular formula is C13H28N2O. The van der Waals surface area contributed by atoms with Gasteiger partial charge >= 0.3 is 0 Å². The van der Waals surface area contributed by atoms with Gasteiger partial charge in [0.05, 0.1) is 0 Å². The van der Waals surface area contributed by atoms with Crippen molar-refractivity contribution in [3.63, 3.8) is 0 Å². The van der Waals surface area contributed by atoms with E-state index in [-0.39, 0.29) is 11.3 Å². The second-order valence-corrected chi connectivity index (χ2v) is 5.43. The molecular weight excluding hydrogens is 200 g/mol. The first kappa shape index (κ1) is 15.4. The number of unbranched alkanes of at least 4 members (excludes halogenated alkanes) is 3. The fourth-order valence-electron chi connectivity index (χ4n) is 1.69. The van der Waals surface area contributed by atoms with Crippen LogP contribution in [0.1, 0.15) is 52.9 Å². The van der Waals surface area contributed by atoms with Gasteiger partial charge in [0.2, 0.25) is 5.91 Å². The summed E-state index contributed by atoms with van der Waals surface area (Å²) in [5.41, 5.74) is 5.68. The zero-order chi connectivity index (χ0) is 12.6. The topological polar surface area (TPSA) is 46.3 Å². The minimum absolute atomic E-state index is 0.0217. The molecule has 0 aliphatic rings. The molecule has 0 aliphatic carbocycles. The fraction of sp³-hybridized carbons (Fsp3) is 0.923. The van der Waals surface area contributed by atoms with Crippen LogP contribution in [0.5, 0.6) is 0 Å². The smallest absolute Gasteiger partial charge is 0.222 e. The third kappa shape index (κ3) is 6.83. The van der Waals surface area contributed by atoms with Crippen molar-refractivity contribution in [2.24, 2.45) is 11.1 Å². The molecule has 0 saturated carbocycles. The van der Waals surface area contributed by atoms with Gasteiger partial charge in [-0.15, -0.1) is 0 Å². The molecule has 0 fully saturated rings. The summed E-state index contributed by atoms with van der Waals surface area (Å²) in [5, 5.41) is 0. The minimum atomic E-state index is 0.0217. The van der Waals surface area contributed by atoms with Gasteiger partial charge in [-0.3, -0.25) is 4.79 Å². The highest BCUT2D eigenvalue weighted by Crippen LogP contribution is 2.15. The lowest BCUT2D eigenvalue weighted by Crippen LogP contribution is -2.39. The van der Waals surface area contributed by atoms with Crippen LogP contribution in [0, 0.1) is 5.41 Å². The molecule has 0 atom stereocenters. The number of hydrogen-bond acceptors (Lipinski definition) is 2. The second-order valence-electron chi connectivity index (χ2n) is 5.43. The molecule has 0 aliphatic heterocycles. The average Bonchev–Trinajstić information content (AvgIpc) is 2.23. The molecule has 1 amide bonds. The summed E-state index contributed by atoms with van der Waals surface area (Å²) in [5.74, 6) is 0.248. The lowest BCUT2D eigenvalue weighted by atomic mass is 9.93. The standard InChI is InChI=1S/C13H28N2O/c1-5-6-7-8-9-12(16)15(4)11-13(2,3)10-14/h5-11,14H2,1-4H3. The van der Waals surface area contributed by atoms with Crippen LogP contribution in [0.2, 0.25) is 0 Å². The number of nitrogens with two attached hydrogens (primary N) is 1. The van der Waals surface area contributed by atoms with Crippen molar-refractivity contribution < 1.29 is 4.79 Å². The van der Waals surface area contributed by atoms with E-state index in [4.69, 9.17) is 5.73 Å². The van der Waals surface area contributed by atoms with E-state index in [2.05, 4.69) is 20.8 Å². The molecule has 3 heteroatoms. The van der Waals surface area contributed by atoms with Gasteiger partial charge in [-0.05, 0) is 18.4 Å². The Bertz CT molecular complexity index is 202. The first-order valence-corrected chi connectivity index (χ1v) is 6.37. The SMILES string of the molecule is CCCCCCC(=O)N(C)CC(C)(C)CN.